The third-order valence-electron chi connectivity index (χ3n) is 7.39. The maximum Gasteiger partial charge on any atom is 0.255 e. The van der Waals surface area contributed by atoms with Gasteiger partial charge < -0.3 is 25.4 Å². The molecule has 4 rings (SSSR count). The summed E-state index contributed by atoms with van der Waals surface area (Å²) in [6.45, 7) is 6.15. The molecule has 1 unspecified atom stereocenters. The molecule has 0 bridgehead atoms. The first-order valence-corrected chi connectivity index (χ1v) is 14.5. The number of carbonyl (C=O) groups excluding carboxylic acids is 3. The molecule has 9 heteroatoms. The summed E-state index contributed by atoms with van der Waals surface area (Å²) in [5.41, 5.74) is 3.18. The molecule has 0 radical (unpaired) electrons. The normalized spacial score (nSPS) is 17.4. The Labute approximate surface area is 245 Å². The Morgan fingerprint density at radius 2 is 1.68 bits per heavy atom. The molecular formula is C32H37N3O5S. The van der Waals surface area contributed by atoms with E-state index in [1.807, 2.05) is 75.4 Å². The number of para-hydroxylation sites is 1. The highest BCUT2D eigenvalue weighted by atomic mass is 32.2. The first-order valence-electron chi connectivity index (χ1n) is 13.5. The van der Waals surface area contributed by atoms with Gasteiger partial charge >= 0.3 is 0 Å². The number of nitrogens with one attached hydrogen (secondary N) is 2. The predicted octanol–water partition coefficient (Wildman–Crippen LogP) is 3.70. The molecule has 0 spiro atoms. The van der Waals surface area contributed by atoms with Crippen LogP contribution in [0.25, 0.3) is 0 Å². The summed E-state index contributed by atoms with van der Waals surface area (Å²) in [6.07, 6.45) is -1.38. The minimum Gasteiger partial charge on any atom is -0.496 e. The predicted molar refractivity (Wildman–Crippen MR) is 161 cm³/mol. The highest BCUT2D eigenvalue weighted by Gasteiger charge is 2.49. The van der Waals surface area contributed by atoms with Crippen molar-refractivity contribution in [1.82, 2.24) is 15.5 Å². The lowest BCUT2D eigenvalue weighted by molar-refractivity contribution is -0.147. The van der Waals surface area contributed by atoms with Crippen LogP contribution in [0.5, 0.6) is 5.75 Å². The summed E-state index contributed by atoms with van der Waals surface area (Å²) in [7, 11) is 1.48. The Kier molecular flexibility index (Phi) is 9.73. The van der Waals surface area contributed by atoms with Crippen molar-refractivity contribution in [2.45, 2.75) is 56.7 Å². The molecule has 3 atom stereocenters. The van der Waals surface area contributed by atoms with Gasteiger partial charge in [-0.2, -0.15) is 0 Å². The number of ether oxygens (including phenoxy) is 1. The van der Waals surface area contributed by atoms with Gasteiger partial charge in [0.1, 0.15) is 11.8 Å². The second-order valence-corrected chi connectivity index (χ2v) is 12.2. The van der Waals surface area contributed by atoms with E-state index in [-0.39, 0.29) is 18.2 Å². The molecule has 1 aliphatic heterocycles. The molecule has 3 aromatic rings. The van der Waals surface area contributed by atoms with Crippen molar-refractivity contribution >= 4 is 29.5 Å². The van der Waals surface area contributed by atoms with E-state index >= 15 is 0 Å². The Balaban J connectivity index is 1.56. The standard InChI is InChI=1S/C32H37N3O5S/c1-21-12-8-9-15-23(21)19-33-30(38)28-32(2,3)41-20-35(28)31(39)27(36)25(18-22-13-6-5-7-14-22)34-29(37)24-16-10-11-17-26(24)40-4/h5-17,25,27-28,36H,18-20H2,1-4H3,(H,33,38)(H,34,37)/t25-,27-,28?/m0/s1. The fourth-order valence-electron chi connectivity index (χ4n) is 5.03. The van der Waals surface area contributed by atoms with E-state index in [2.05, 4.69) is 10.6 Å². The topological polar surface area (TPSA) is 108 Å². The average molecular weight is 576 g/mol. The molecule has 0 aromatic heterocycles. The second kappa shape index (κ2) is 13.2. The van der Waals surface area contributed by atoms with E-state index in [0.29, 0.717) is 17.9 Å². The van der Waals surface area contributed by atoms with Crippen LogP contribution in [0.2, 0.25) is 0 Å². The summed E-state index contributed by atoms with van der Waals surface area (Å²) in [5.74, 6) is -0.753. The Bertz CT molecular complexity index is 1380. The summed E-state index contributed by atoms with van der Waals surface area (Å²) < 4.78 is 4.75. The van der Waals surface area contributed by atoms with Gasteiger partial charge in [0.25, 0.3) is 11.8 Å². The van der Waals surface area contributed by atoms with E-state index < -0.39 is 34.7 Å². The smallest absolute Gasteiger partial charge is 0.255 e. The number of hydrogen-bond donors (Lipinski definition) is 3. The van der Waals surface area contributed by atoms with E-state index in [1.54, 1.807) is 24.3 Å². The van der Waals surface area contributed by atoms with Crippen LogP contribution >= 0.6 is 11.8 Å². The zero-order valence-corrected chi connectivity index (χ0v) is 24.6. The average Bonchev–Trinajstić information content (AvgIpc) is 3.30. The number of thioether (sulfide) groups is 1. The van der Waals surface area contributed by atoms with E-state index in [4.69, 9.17) is 4.74 Å². The fourth-order valence-corrected chi connectivity index (χ4v) is 6.17. The number of amides is 3. The lowest BCUT2D eigenvalue weighted by Crippen LogP contribution is -2.58. The third kappa shape index (κ3) is 7.10. The number of hydrogen-bond acceptors (Lipinski definition) is 6. The summed E-state index contributed by atoms with van der Waals surface area (Å²) in [5, 5.41) is 17.3. The highest BCUT2D eigenvalue weighted by Crippen LogP contribution is 2.40. The van der Waals surface area contributed by atoms with Gasteiger partial charge in [-0.3, -0.25) is 14.4 Å². The number of aliphatic hydroxyl groups excluding tert-OH is 1. The first kappa shape index (κ1) is 30.1. The van der Waals surface area contributed by atoms with Crippen LogP contribution in [0.1, 0.15) is 40.9 Å². The molecule has 41 heavy (non-hydrogen) atoms. The third-order valence-corrected chi connectivity index (χ3v) is 8.77. The van der Waals surface area contributed by atoms with Crippen LogP contribution < -0.4 is 15.4 Å². The van der Waals surface area contributed by atoms with Crippen molar-refractivity contribution in [3.8, 4) is 5.75 Å². The number of benzene rings is 3. The van der Waals surface area contributed by atoms with Crippen LogP contribution in [0.3, 0.4) is 0 Å². The van der Waals surface area contributed by atoms with E-state index in [0.717, 1.165) is 16.7 Å². The molecule has 3 amide bonds. The second-order valence-electron chi connectivity index (χ2n) is 10.6. The highest BCUT2D eigenvalue weighted by molar-refractivity contribution is 8.00. The van der Waals surface area contributed by atoms with Gasteiger partial charge in [-0.15, -0.1) is 11.8 Å². The lowest BCUT2D eigenvalue weighted by atomic mass is 9.96. The van der Waals surface area contributed by atoms with Gasteiger partial charge in [0.15, 0.2) is 6.10 Å². The summed E-state index contributed by atoms with van der Waals surface area (Å²) >= 11 is 1.48. The van der Waals surface area contributed by atoms with Crippen molar-refractivity contribution in [2.24, 2.45) is 0 Å². The molecule has 1 saturated heterocycles. The minimum absolute atomic E-state index is 0.211. The number of rotatable bonds is 10. The van der Waals surface area contributed by atoms with Crippen LogP contribution in [-0.2, 0) is 22.6 Å². The largest absolute Gasteiger partial charge is 0.496 e. The molecule has 0 aliphatic carbocycles. The molecule has 216 valence electrons. The Morgan fingerprint density at radius 1 is 1.02 bits per heavy atom. The molecule has 1 heterocycles. The number of carbonyl (C=O) groups is 3. The van der Waals surface area contributed by atoms with Crippen LogP contribution in [-0.4, -0.2) is 63.6 Å². The number of nitrogens with zero attached hydrogens (tertiary/aromatic N) is 1. The Hall–Kier alpha value is -3.82. The Morgan fingerprint density at radius 3 is 2.39 bits per heavy atom. The monoisotopic (exact) mass is 575 g/mol. The van der Waals surface area contributed by atoms with Crippen molar-refractivity contribution in [2.75, 3.05) is 13.0 Å². The lowest BCUT2D eigenvalue weighted by Gasteiger charge is -2.33. The quantitative estimate of drug-likeness (QED) is 0.340. The van der Waals surface area contributed by atoms with Gasteiger partial charge in [0.2, 0.25) is 5.91 Å². The molecule has 3 aromatic carbocycles. The molecular weight excluding hydrogens is 538 g/mol. The van der Waals surface area contributed by atoms with Crippen molar-refractivity contribution in [1.29, 1.82) is 0 Å². The van der Waals surface area contributed by atoms with Gasteiger partial charge in [0.05, 0.1) is 24.6 Å². The van der Waals surface area contributed by atoms with Crippen molar-refractivity contribution in [3.05, 3.63) is 101 Å². The molecule has 1 aliphatic rings. The van der Waals surface area contributed by atoms with Crippen LogP contribution in [0.4, 0.5) is 0 Å². The maximum absolute atomic E-state index is 13.9. The maximum atomic E-state index is 13.9. The van der Waals surface area contributed by atoms with Crippen LogP contribution in [0, 0.1) is 6.92 Å². The SMILES string of the molecule is COc1ccccc1C(=O)N[C@@H](Cc1ccccc1)[C@H](O)C(=O)N1CSC(C)(C)C1C(=O)NCc1ccccc1C. The molecule has 3 N–H and O–H groups in total. The summed E-state index contributed by atoms with van der Waals surface area (Å²) in [4.78, 5) is 42.1. The van der Waals surface area contributed by atoms with Crippen LogP contribution in [0.15, 0.2) is 78.9 Å². The number of methoxy groups -OCH3 is 1. The van der Waals surface area contributed by atoms with Gasteiger partial charge in [-0.05, 0) is 56.0 Å². The van der Waals surface area contributed by atoms with E-state index in [1.165, 1.54) is 23.8 Å². The molecule has 1 fully saturated rings. The van der Waals surface area contributed by atoms with Gasteiger partial charge in [0, 0.05) is 11.3 Å². The minimum atomic E-state index is -1.59. The first-order chi connectivity index (χ1) is 19.6. The van der Waals surface area contributed by atoms with Gasteiger partial charge in [-0.25, -0.2) is 0 Å². The van der Waals surface area contributed by atoms with Crippen molar-refractivity contribution < 1.29 is 24.2 Å². The van der Waals surface area contributed by atoms with E-state index in [9.17, 15) is 19.5 Å². The fraction of sp³-hybridized carbons (Fsp3) is 0.344. The number of aryl methyl sites for hydroxylation is 1. The zero-order chi connectivity index (χ0) is 29.6. The van der Waals surface area contributed by atoms with Gasteiger partial charge in [-0.1, -0.05) is 66.7 Å². The molecule has 0 saturated carbocycles. The zero-order valence-electron chi connectivity index (χ0n) is 23.8. The van der Waals surface area contributed by atoms with Crippen molar-refractivity contribution in [3.63, 3.8) is 0 Å². The summed E-state index contributed by atoms with van der Waals surface area (Å²) in [6, 6.07) is 22.1. The number of aliphatic hydroxyl groups is 1. The molecule has 8 nitrogen and oxygen atoms in total.